The zero-order valence-electron chi connectivity index (χ0n) is 14.7. The molecule has 0 spiro atoms. The largest absolute Gasteiger partial charge is 0.442 e. The summed E-state index contributed by atoms with van der Waals surface area (Å²) >= 11 is 0. The highest BCUT2D eigenvalue weighted by Gasteiger charge is 2.28. The van der Waals surface area contributed by atoms with Gasteiger partial charge in [-0.1, -0.05) is 30.3 Å². The Labute approximate surface area is 154 Å². The van der Waals surface area contributed by atoms with Gasteiger partial charge in [-0.05, 0) is 37.2 Å². The maximum Gasteiger partial charge on any atom is 0.263 e. The van der Waals surface area contributed by atoms with Crippen molar-refractivity contribution in [1.82, 2.24) is 9.29 Å². The standard InChI is InChI=1S/C19H24N2O4S/c22-18(19-20-11-14-25-19)8-4-7-16-9-12-21(13-10-16)26(23,24)15-17-5-2-1-3-6-17/h1-3,5-6,11,14,16H,4,7-10,12-13,15H2. The van der Waals surface area contributed by atoms with Crippen LogP contribution in [0.3, 0.4) is 0 Å². The van der Waals surface area contributed by atoms with E-state index < -0.39 is 10.0 Å². The van der Waals surface area contributed by atoms with Gasteiger partial charge in [0.2, 0.25) is 15.8 Å². The minimum absolute atomic E-state index is 0.0587. The van der Waals surface area contributed by atoms with Crippen molar-refractivity contribution >= 4 is 15.8 Å². The second-order valence-corrected chi connectivity index (χ2v) is 8.71. The Balaban J connectivity index is 1.41. The van der Waals surface area contributed by atoms with E-state index in [2.05, 4.69) is 4.98 Å². The number of rotatable bonds is 8. The van der Waals surface area contributed by atoms with Crippen molar-refractivity contribution in [3.63, 3.8) is 0 Å². The first kappa shape index (κ1) is 18.8. The van der Waals surface area contributed by atoms with E-state index >= 15 is 0 Å². The van der Waals surface area contributed by atoms with Crippen LogP contribution in [0.5, 0.6) is 0 Å². The SMILES string of the molecule is O=C(CCCC1CCN(S(=O)(=O)Cc2ccccc2)CC1)c1ncco1. The van der Waals surface area contributed by atoms with E-state index in [1.165, 1.54) is 12.5 Å². The molecule has 1 aromatic carbocycles. The number of aromatic nitrogens is 1. The fraction of sp³-hybridized carbons (Fsp3) is 0.474. The van der Waals surface area contributed by atoms with E-state index in [4.69, 9.17) is 4.42 Å². The van der Waals surface area contributed by atoms with Crippen LogP contribution in [0.2, 0.25) is 0 Å². The highest BCUT2D eigenvalue weighted by Crippen LogP contribution is 2.25. The van der Waals surface area contributed by atoms with Crippen LogP contribution < -0.4 is 0 Å². The summed E-state index contributed by atoms with van der Waals surface area (Å²) in [7, 11) is -3.26. The van der Waals surface area contributed by atoms with Crippen LogP contribution in [0, 0.1) is 5.92 Å². The van der Waals surface area contributed by atoms with Gasteiger partial charge in [0.05, 0.1) is 11.9 Å². The summed E-state index contributed by atoms with van der Waals surface area (Å²) in [6, 6.07) is 9.28. The van der Waals surface area contributed by atoms with Crippen LogP contribution in [0.4, 0.5) is 0 Å². The van der Waals surface area contributed by atoms with Crippen LogP contribution in [0.1, 0.15) is 48.4 Å². The van der Waals surface area contributed by atoms with Crippen LogP contribution >= 0.6 is 0 Å². The smallest absolute Gasteiger partial charge is 0.263 e. The summed E-state index contributed by atoms with van der Waals surface area (Å²) in [5.74, 6) is 0.628. The fourth-order valence-electron chi connectivity index (χ4n) is 3.37. The topological polar surface area (TPSA) is 80.5 Å². The number of oxazole rings is 1. The zero-order chi connectivity index (χ0) is 18.4. The van der Waals surface area contributed by atoms with Crippen LogP contribution in [-0.4, -0.2) is 36.6 Å². The number of nitrogens with zero attached hydrogens (tertiary/aromatic N) is 2. The minimum atomic E-state index is -3.26. The third-order valence-corrected chi connectivity index (χ3v) is 6.70. The Morgan fingerprint density at radius 3 is 2.58 bits per heavy atom. The van der Waals surface area contributed by atoms with Gasteiger partial charge in [-0.2, -0.15) is 0 Å². The first-order valence-electron chi connectivity index (χ1n) is 8.99. The maximum atomic E-state index is 12.6. The lowest BCUT2D eigenvalue weighted by Crippen LogP contribution is -2.39. The Bertz CT molecular complexity index is 795. The maximum absolute atomic E-state index is 12.6. The van der Waals surface area contributed by atoms with Gasteiger partial charge in [0, 0.05) is 19.5 Å². The molecule has 1 aliphatic rings. The van der Waals surface area contributed by atoms with E-state index in [1.807, 2.05) is 30.3 Å². The number of benzene rings is 1. The molecule has 140 valence electrons. The Hall–Kier alpha value is -1.99. The van der Waals surface area contributed by atoms with Gasteiger partial charge in [0.25, 0.3) is 5.89 Å². The highest BCUT2D eigenvalue weighted by molar-refractivity contribution is 7.88. The third kappa shape index (κ3) is 5.02. The number of sulfonamides is 1. The minimum Gasteiger partial charge on any atom is -0.442 e. The molecule has 0 amide bonds. The summed E-state index contributed by atoms with van der Waals surface area (Å²) in [5.41, 5.74) is 0.819. The highest BCUT2D eigenvalue weighted by atomic mass is 32.2. The molecule has 2 heterocycles. The number of Topliss-reactive ketones (excluding diaryl/α,β-unsaturated/α-hetero) is 1. The molecule has 0 N–H and O–H groups in total. The van der Waals surface area contributed by atoms with Crippen molar-refractivity contribution < 1.29 is 17.6 Å². The first-order valence-corrected chi connectivity index (χ1v) is 10.6. The molecule has 0 aliphatic carbocycles. The van der Waals surface area contributed by atoms with Crippen molar-refractivity contribution in [3.05, 3.63) is 54.2 Å². The molecule has 7 heteroatoms. The van der Waals surface area contributed by atoms with E-state index in [9.17, 15) is 13.2 Å². The average Bonchev–Trinajstić information content (AvgIpc) is 3.17. The Kier molecular flexibility index (Phi) is 6.21. The molecule has 0 radical (unpaired) electrons. The lowest BCUT2D eigenvalue weighted by Gasteiger charge is -2.31. The van der Waals surface area contributed by atoms with E-state index in [1.54, 1.807) is 4.31 Å². The lowest BCUT2D eigenvalue weighted by atomic mass is 9.92. The van der Waals surface area contributed by atoms with Gasteiger partial charge in [-0.15, -0.1) is 0 Å². The molecule has 0 atom stereocenters. The molecule has 26 heavy (non-hydrogen) atoms. The van der Waals surface area contributed by atoms with Gasteiger partial charge >= 0.3 is 0 Å². The number of piperidine rings is 1. The number of hydrogen-bond acceptors (Lipinski definition) is 5. The molecule has 6 nitrogen and oxygen atoms in total. The van der Waals surface area contributed by atoms with Crippen molar-refractivity contribution in [1.29, 1.82) is 0 Å². The molecule has 0 bridgehead atoms. The van der Waals surface area contributed by atoms with Crippen LogP contribution in [-0.2, 0) is 15.8 Å². The lowest BCUT2D eigenvalue weighted by molar-refractivity contribution is 0.0942. The van der Waals surface area contributed by atoms with Gasteiger partial charge in [-0.25, -0.2) is 17.7 Å². The van der Waals surface area contributed by atoms with Crippen LogP contribution in [0.15, 0.2) is 47.2 Å². The Morgan fingerprint density at radius 2 is 1.92 bits per heavy atom. The van der Waals surface area contributed by atoms with Crippen LogP contribution in [0.25, 0.3) is 0 Å². The predicted octanol–water partition coefficient (Wildman–Crippen LogP) is 3.27. The average molecular weight is 376 g/mol. The first-order chi connectivity index (χ1) is 12.5. The second-order valence-electron chi connectivity index (χ2n) is 6.74. The summed E-state index contributed by atoms with van der Waals surface area (Å²) in [6.45, 7) is 1.13. The normalized spacial score (nSPS) is 16.6. The fourth-order valence-corrected chi connectivity index (χ4v) is 4.94. The van der Waals surface area contributed by atoms with Gasteiger partial charge in [0.1, 0.15) is 6.26 Å². The molecule has 1 saturated heterocycles. The molecule has 1 aromatic heterocycles. The van der Waals surface area contributed by atoms with Crippen molar-refractivity contribution in [2.75, 3.05) is 13.1 Å². The molecule has 1 fully saturated rings. The summed E-state index contributed by atoms with van der Waals surface area (Å²) in [6.07, 6.45) is 6.70. The summed E-state index contributed by atoms with van der Waals surface area (Å²) in [5, 5.41) is 0. The zero-order valence-corrected chi connectivity index (χ0v) is 15.5. The summed E-state index contributed by atoms with van der Waals surface area (Å²) < 4.78 is 31.7. The predicted molar refractivity (Wildman–Crippen MR) is 98.0 cm³/mol. The molecule has 2 aromatic rings. The molecule has 1 aliphatic heterocycles. The van der Waals surface area contributed by atoms with Gasteiger partial charge in [0.15, 0.2) is 0 Å². The van der Waals surface area contributed by atoms with E-state index in [-0.39, 0.29) is 17.4 Å². The monoisotopic (exact) mass is 376 g/mol. The number of hydrogen-bond donors (Lipinski definition) is 0. The number of carbonyl (C=O) groups is 1. The summed E-state index contributed by atoms with van der Waals surface area (Å²) in [4.78, 5) is 15.7. The van der Waals surface area contributed by atoms with E-state index in [0.29, 0.717) is 25.4 Å². The van der Waals surface area contributed by atoms with Gasteiger partial charge < -0.3 is 4.42 Å². The van der Waals surface area contributed by atoms with Crippen molar-refractivity contribution in [3.8, 4) is 0 Å². The molecule has 3 rings (SSSR count). The number of carbonyl (C=O) groups excluding carboxylic acids is 1. The third-order valence-electron chi connectivity index (χ3n) is 4.85. The Morgan fingerprint density at radius 1 is 1.19 bits per heavy atom. The molecule has 0 unspecified atom stereocenters. The molecular formula is C19H24N2O4S. The van der Waals surface area contributed by atoms with Crippen molar-refractivity contribution in [2.45, 2.75) is 37.9 Å². The second kappa shape index (κ2) is 8.60. The van der Waals surface area contributed by atoms with Gasteiger partial charge in [-0.3, -0.25) is 4.79 Å². The van der Waals surface area contributed by atoms with Crippen molar-refractivity contribution in [2.24, 2.45) is 5.92 Å². The number of ketones is 1. The quantitative estimate of drug-likeness (QED) is 0.661. The molecule has 0 saturated carbocycles. The molecular weight excluding hydrogens is 352 g/mol. The van der Waals surface area contributed by atoms with E-state index in [0.717, 1.165) is 31.2 Å².